The predicted octanol–water partition coefficient (Wildman–Crippen LogP) is 1.24. The van der Waals surface area contributed by atoms with Gasteiger partial charge in [-0.3, -0.25) is 4.79 Å². The molecule has 1 amide bonds. The van der Waals surface area contributed by atoms with Crippen molar-refractivity contribution in [2.75, 3.05) is 66.1 Å². The zero-order valence-electron chi connectivity index (χ0n) is 16.0. The van der Waals surface area contributed by atoms with E-state index in [9.17, 15) is 4.79 Å². The lowest BCUT2D eigenvalue weighted by molar-refractivity contribution is -0.125. The number of methoxy groups -OCH3 is 1. The number of benzene rings is 1. The van der Waals surface area contributed by atoms with Crippen LogP contribution in [0.4, 0.5) is 5.69 Å². The summed E-state index contributed by atoms with van der Waals surface area (Å²) in [5.74, 6) is 0.194. The lowest BCUT2D eigenvalue weighted by Crippen LogP contribution is -2.55. The van der Waals surface area contributed by atoms with Crippen LogP contribution in [0.1, 0.15) is 12.8 Å². The van der Waals surface area contributed by atoms with E-state index < -0.39 is 0 Å². The third-order valence-electron chi connectivity index (χ3n) is 4.96. The molecular formula is C19H32N4O2. The van der Waals surface area contributed by atoms with Gasteiger partial charge in [0.05, 0.1) is 13.3 Å². The third-order valence-corrected chi connectivity index (χ3v) is 4.96. The molecule has 140 valence electrons. The van der Waals surface area contributed by atoms with Crippen molar-refractivity contribution >= 4 is 11.6 Å². The molecule has 0 bridgehead atoms. The Morgan fingerprint density at radius 1 is 1.20 bits per heavy atom. The summed E-state index contributed by atoms with van der Waals surface area (Å²) in [6.07, 6.45) is 1.81. The minimum absolute atomic E-state index is 0.194. The number of likely N-dealkylation sites (N-methyl/N-ethyl adjacent to an activating group) is 1. The summed E-state index contributed by atoms with van der Waals surface area (Å²) in [6, 6.07) is 10.2. The van der Waals surface area contributed by atoms with Gasteiger partial charge < -0.3 is 24.8 Å². The zero-order valence-corrected chi connectivity index (χ0v) is 16.0. The lowest BCUT2D eigenvalue weighted by atomic mass is 9.86. The van der Waals surface area contributed by atoms with E-state index in [1.54, 1.807) is 7.11 Å². The number of para-hydroxylation sites is 1. The number of amides is 1. The quantitative estimate of drug-likeness (QED) is 0.887. The fourth-order valence-corrected chi connectivity index (χ4v) is 3.29. The molecule has 3 rings (SSSR count). The summed E-state index contributed by atoms with van der Waals surface area (Å²) in [7, 11) is 7.88. The Balaban J connectivity index is 0.000000277. The minimum Gasteiger partial charge on any atom is -0.383 e. The molecule has 2 heterocycles. The van der Waals surface area contributed by atoms with Crippen LogP contribution in [-0.4, -0.2) is 82.4 Å². The summed E-state index contributed by atoms with van der Waals surface area (Å²) in [5.41, 5.74) is 0.814. The SMILES string of the molecule is CN1CCC2(CC1)C(=O)NCN2c1ccccc1.COCCN(C)C. The number of ether oxygens (including phenoxy) is 1. The number of likely N-dealkylation sites (tertiary alicyclic amines) is 1. The van der Waals surface area contributed by atoms with Crippen LogP contribution in [0.25, 0.3) is 0 Å². The number of piperidine rings is 1. The van der Waals surface area contributed by atoms with Crippen molar-refractivity contribution in [2.45, 2.75) is 18.4 Å². The maximum Gasteiger partial charge on any atom is 0.247 e. The molecule has 2 saturated heterocycles. The highest BCUT2D eigenvalue weighted by Crippen LogP contribution is 2.35. The third kappa shape index (κ3) is 4.93. The summed E-state index contributed by atoms with van der Waals surface area (Å²) in [6.45, 7) is 4.43. The van der Waals surface area contributed by atoms with Gasteiger partial charge in [-0.1, -0.05) is 18.2 Å². The van der Waals surface area contributed by atoms with Gasteiger partial charge in [0.1, 0.15) is 5.54 Å². The minimum atomic E-state index is -0.326. The fourth-order valence-electron chi connectivity index (χ4n) is 3.29. The van der Waals surface area contributed by atoms with Gasteiger partial charge in [0.2, 0.25) is 5.91 Å². The molecule has 0 unspecified atom stereocenters. The van der Waals surface area contributed by atoms with Gasteiger partial charge in [-0.15, -0.1) is 0 Å². The number of nitrogens with one attached hydrogen (secondary N) is 1. The Morgan fingerprint density at radius 3 is 2.36 bits per heavy atom. The molecule has 2 fully saturated rings. The first-order valence-electron chi connectivity index (χ1n) is 8.93. The number of rotatable bonds is 4. The van der Waals surface area contributed by atoms with Crippen molar-refractivity contribution in [2.24, 2.45) is 0 Å². The lowest BCUT2D eigenvalue weighted by Gasteiger charge is -2.42. The highest BCUT2D eigenvalue weighted by Gasteiger charge is 2.49. The molecular weight excluding hydrogens is 316 g/mol. The van der Waals surface area contributed by atoms with Crippen LogP contribution in [0.5, 0.6) is 0 Å². The second-order valence-corrected chi connectivity index (χ2v) is 7.06. The predicted molar refractivity (Wildman–Crippen MR) is 102 cm³/mol. The van der Waals surface area contributed by atoms with Gasteiger partial charge >= 0.3 is 0 Å². The molecule has 0 aliphatic carbocycles. The smallest absolute Gasteiger partial charge is 0.247 e. The van der Waals surface area contributed by atoms with Crippen molar-refractivity contribution in [3.05, 3.63) is 30.3 Å². The molecule has 25 heavy (non-hydrogen) atoms. The Kier molecular flexibility index (Phi) is 7.23. The van der Waals surface area contributed by atoms with E-state index in [-0.39, 0.29) is 11.4 Å². The summed E-state index contributed by atoms with van der Waals surface area (Å²) in [5, 5.41) is 3.01. The summed E-state index contributed by atoms with van der Waals surface area (Å²) in [4.78, 5) is 18.9. The second kappa shape index (κ2) is 9.17. The number of carbonyl (C=O) groups is 1. The van der Waals surface area contributed by atoms with E-state index in [0.717, 1.165) is 44.8 Å². The molecule has 0 saturated carbocycles. The van der Waals surface area contributed by atoms with Crippen molar-refractivity contribution in [3.8, 4) is 0 Å². The molecule has 1 aromatic rings. The Labute approximate surface area is 151 Å². The van der Waals surface area contributed by atoms with E-state index >= 15 is 0 Å². The van der Waals surface area contributed by atoms with Crippen LogP contribution in [0, 0.1) is 0 Å². The van der Waals surface area contributed by atoms with Crippen molar-refractivity contribution in [3.63, 3.8) is 0 Å². The molecule has 0 aromatic heterocycles. The molecule has 1 aromatic carbocycles. The molecule has 1 N–H and O–H groups in total. The van der Waals surface area contributed by atoms with Gasteiger partial charge in [0.25, 0.3) is 0 Å². The van der Waals surface area contributed by atoms with Gasteiger partial charge in [0.15, 0.2) is 0 Å². The standard InChI is InChI=1S/C14H19N3O.C5H13NO/c1-16-9-7-14(8-10-16)13(18)15-11-17(14)12-5-3-2-4-6-12;1-6(2)4-5-7-3/h2-6H,7-11H2,1H3,(H,15,18);4-5H2,1-3H3. The Hall–Kier alpha value is -1.63. The normalized spacial score (nSPS) is 19.7. The Morgan fingerprint density at radius 2 is 1.84 bits per heavy atom. The first-order chi connectivity index (χ1) is 12.0. The van der Waals surface area contributed by atoms with Crippen LogP contribution >= 0.6 is 0 Å². The second-order valence-electron chi connectivity index (χ2n) is 7.06. The highest BCUT2D eigenvalue weighted by molar-refractivity contribution is 5.93. The van der Waals surface area contributed by atoms with Crippen LogP contribution < -0.4 is 10.2 Å². The van der Waals surface area contributed by atoms with E-state index in [1.165, 1.54) is 0 Å². The number of carbonyl (C=O) groups excluding carboxylic acids is 1. The topological polar surface area (TPSA) is 48.1 Å². The molecule has 2 aliphatic heterocycles. The molecule has 6 nitrogen and oxygen atoms in total. The summed E-state index contributed by atoms with van der Waals surface area (Å²) >= 11 is 0. The van der Waals surface area contributed by atoms with Crippen LogP contribution in [-0.2, 0) is 9.53 Å². The van der Waals surface area contributed by atoms with Gasteiger partial charge in [-0.2, -0.15) is 0 Å². The molecule has 2 aliphatic rings. The average Bonchev–Trinajstić information content (AvgIpc) is 2.93. The van der Waals surface area contributed by atoms with E-state index in [2.05, 4.69) is 39.2 Å². The number of nitrogens with zero attached hydrogens (tertiary/aromatic N) is 3. The summed E-state index contributed by atoms with van der Waals surface area (Å²) < 4.78 is 4.81. The fraction of sp³-hybridized carbons (Fsp3) is 0.632. The molecule has 6 heteroatoms. The molecule has 0 atom stereocenters. The average molecular weight is 348 g/mol. The number of hydrogen-bond donors (Lipinski definition) is 1. The van der Waals surface area contributed by atoms with Crippen LogP contribution in [0.15, 0.2) is 30.3 Å². The van der Waals surface area contributed by atoms with Crippen molar-refractivity contribution in [1.82, 2.24) is 15.1 Å². The monoisotopic (exact) mass is 348 g/mol. The zero-order chi connectivity index (χ0) is 18.3. The Bertz CT molecular complexity index is 527. The van der Waals surface area contributed by atoms with Gasteiger partial charge in [-0.25, -0.2) is 0 Å². The maximum absolute atomic E-state index is 12.3. The van der Waals surface area contributed by atoms with Crippen LogP contribution in [0.2, 0.25) is 0 Å². The van der Waals surface area contributed by atoms with Gasteiger partial charge in [-0.05, 0) is 46.1 Å². The maximum atomic E-state index is 12.3. The van der Waals surface area contributed by atoms with E-state index in [1.807, 2.05) is 32.3 Å². The van der Waals surface area contributed by atoms with Crippen molar-refractivity contribution < 1.29 is 9.53 Å². The molecule has 1 spiro atoms. The van der Waals surface area contributed by atoms with Crippen LogP contribution in [0.3, 0.4) is 0 Å². The first kappa shape index (κ1) is 19.7. The van der Waals surface area contributed by atoms with E-state index in [0.29, 0.717) is 6.67 Å². The first-order valence-corrected chi connectivity index (χ1v) is 8.93. The number of hydrogen-bond acceptors (Lipinski definition) is 5. The van der Waals surface area contributed by atoms with Gasteiger partial charge in [0, 0.05) is 32.4 Å². The number of anilines is 1. The largest absolute Gasteiger partial charge is 0.383 e. The van der Waals surface area contributed by atoms with E-state index in [4.69, 9.17) is 4.74 Å². The highest BCUT2D eigenvalue weighted by atomic mass is 16.5. The van der Waals surface area contributed by atoms with Crippen molar-refractivity contribution in [1.29, 1.82) is 0 Å². The molecule has 0 radical (unpaired) electrons.